The van der Waals surface area contributed by atoms with Crippen LogP contribution >= 0.6 is 0 Å². The quantitative estimate of drug-likeness (QED) is 0.117. The molecule has 0 aliphatic carbocycles. The molecule has 0 fully saturated rings. The van der Waals surface area contributed by atoms with Gasteiger partial charge in [0.15, 0.2) is 0 Å². The van der Waals surface area contributed by atoms with Crippen molar-refractivity contribution in [3.63, 3.8) is 0 Å². The summed E-state index contributed by atoms with van der Waals surface area (Å²) in [6, 6.07) is 0. The van der Waals surface area contributed by atoms with E-state index in [4.69, 9.17) is 14.9 Å². The predicted molar refractivity (Wildman–Crippen MR) is 200 cm³/mol. The van der Waals surface area contributed by atoms with E-state index in [1.165, 1.54) is 103 Å². The maximum atomic E-state index is 7.62. The summed E-state index contributed by atoms with van der Waals surface area (Å²) in [7, 11) is 0. The van der Waals surface area contributed by atoms with E-state index in [1.54, 1.807) is 0 Å². The third-order valence-corrected chi connectivity index (χ3v) is 4.38. The van der Waals surface area contributed by atoms with Gasteiger partial charge >= 0.3 is 0 Å². The van der Waals surface area contributed by atoms with Crippen LogP contribution in [0.1, 0.15) is 117 Å². The monoisotopic (exact) mass is 585 g/mol. The van der Waals surface area contributed by atoms with Crippen LogP contribution in [0.3, 0.4) is 0 Å². The standard InChI is InChI=1S/C20H42O.C2H6O2.8C2H4/c1-3-5-7-9-11-13-15-17-19-21-20-18-16-14-12-10-8-6-4-2;3-1-2-4;8*1-2/h3-20H2,1-2H3;3-4H,1-2H2;8*1-2H2. The molecule has 250 valence electrons. The van der Waals surface area contributed by atoms with Crippen molar-refractivity contribution in [1.82, 2.24) is 0 Å². The van der Waals surface area contributed by atoms with Gasteiger partial charge in [-0.2, -0.15) is 0 Å². The molecule has 3 nitrogen and oxygen atoms in total. The average Bonchev–Trinajstić information content (AvgIpc) is 3.10. The third kappa shape index (κ3) is 172. The molecular weight excluding hydrogens is 504 g/mol. The van der Waals surface area contributed by atoms with E-state index in [0.717, 1.165) is 13.2 Å². The molecule has 41 heavy (non-hydrogen) atoms. The Morgan fingerprint density at radius 1 is 0.317 bits per heavy atom. The largest absolute Gasteiger partial charge is 0.394 e. The summed E-state index contributed by atoms with van der Waals surface area (Å²) >= 11 is 0. The van der Waals surface area contributed by atoms with Crippen molar-refractivity contribution in [3.8, 4) is 0 Å². The van der Waals surface area contributed by atoms with Crippen LogP contribution in [0.5, 0.6) is 0 Å². The molecule has 0 aromatic heterocycles. The highest BCUT2D eigenvalue weighted by molar-refractivity contribution is 4.47. The van der Waals surface area contributed by atoms with E-state index >= 15 is 0 Å². The molecule has 0 radical (unpaired) electrons. The van der Waals surface area contributed by atoms with Crippen LogP contribution in [0.15, 0.2) is 105 Å². The summed E-state index contributed by atoms with van der Waals surface area (Å²) in [4.78, 5) is 0. The fraction of sp³-hybridized carbons (Fsp3) is 0.579. The Balaban J connectivity index is -0.0000000498. The number of hydrogen-bond acceptors (Lipinski definition) is 3. The third-order valence-electron chi connectivity index (χ3n) is 4.38. The lowest BCUT2D eigenvalue weighted by molar-refractivity contribution is 0.125. The first-order valence-electron chi connectivity index (χ1n) is 15.1. The van der Waals surface area contributed by atoms with Crippen LogP contribution in [-0.4, -0.2) is 36.6 Å². The SMILES string of the molecule is C=C.C=C.C=C.C=C.C=C.C=C.C=C.C=C.CCCCCCCCCCOCCCCCCCCCC.OCCO. The Morgan fingerprint density at radius 3 is 0.659 bits per heavy atom. The molecule has 0 aromatic rings. The van der Waals surface area contributed by atoms with Gasteiger partial charge in [-0.1, -0.05) is 104 Å². The van der Waals surface area contributed by atoms with Crippen molar-refractivity contribution in [2.45, 2.75) is 117 Å². The molecular formula is C38H80O3. The molecule has 0 aliphatic heterocycles. The van der Waals surface area contributed by atoms with Gasteiger partial charge < -0.3 is 14.9 Å². The maximum absolute atomic E-state index is 7.62. The molecule has 0 rings (SSSR count). The Bertz CT molecular complexity index is 253. The minimum atomic E-state index is -0.125. The van der Waals surface area contributed by atoms with E-state index in [9.17, 15) is 0 Å². The molecule has 0 spiro atoms. The Morgan fingerprint density at radius 2 is 0.488 bits per heavy atom. The van der Waals surface area contributed by atoms with Crippen molar-refractivity contribution in [2.24, 2.45) is 0 Å². The summed E-state index contributed by atoms with van der Waals surface area (Å²) in [5.41, 5.74) is 0. The zero-order valence-electron chi connectivity index (χ0n) is 28.8. The predicted octanol–water partition coefficient (Wildman–Crippen LogP) is 12.7. The summed E-state index contributed by atoms with van der Waals surface area (Å²) in [6.07, 6.45) is 22.2. The highest BCUT2D eigenvalue weighted by atomic mass is 16.5. The van der Waals surface area contributed by atoms with Gasteiger partial charge in [0.1, 0.15) is 0 Å². The maximum Gasteiger partial charge on any atom is 0.0662 e. The van der Waals surface area contributed by atoms with Gasteiger partial charge in [0.25, 0.3) is 0 Å². The highest BCUT2D eigenvalue weighted by Gasteiger charge is 1.94. The van der Waals surface area contributed by atoms with E-state index in [1.807, 2.05) is 0 Å². The Hall–Kier alpha value is -2.20. The topological polar surface area (TPSA) is 49.7 Å². The molecule has 0 atom stereocenters. The fourth-order valence-corrected chi connectivity index (χ4v) is 2.78. The van der Waals surface area contributed by atoms with Crippen LogP contribution < -0.4 is 0 Å². The van der Waals surface area contributed by atoms with Gasteiger partial charge in [-0.15, -0.1) is 105 Å². The van der Waals surface area contributed by atoms with Crippen LogP contribution in [0.2, 0.25) is 0 Å². The van der Waals surface area contributed by atoms with Crippen molar-refractivity contribution < 1.29 is 14.9 Å². The van der Waals surface area contributed by atoms with Crippen LogP contribution in [-0.2, 0) is 4.74 Å². The van der Waals surface area contributed by atoms with Crippen LogP contribution in [0, 0.1) is 0 Å². The van der Waals surface area contributed by atoms with Gasteiger partial charge in [-0.05, 0) is 12.8 Å². The van der Waals surface area contributed by atoms with Gasteiger partial charge in [-0.3, -0.25) is 0 Å². The number of aliphatic hydroxyl groups excluding tert-OH is 2. The molecule has 0 bridgehead atoms. The van der Waals surface area contributed by atoms with Gasteiger partial charge in [0.2, 0.25) is 0 Å². The van der Waals surface area contributed by atoms with Gasteiger partial charge in [0.05, 0.1) is 13.2 Å². The first-order chi connectivity index (χ1) is 20.3. The highest BCUT2D eigenvalue weighted by Crippen LogP contribution is 2.10. The average molecular weight is 585 g/mol. The molecule has 0 amide bonds. The number of hydrogen-bond donors (Lipinski definition) is 2. The first-order valence-corrected chi connectivity index (χ1v) is 15.1. The van der Waals surface area contributed by atoms with E-state index < -0.39 is 0 Å². The summed E-state index contributed by atoms with van der Waals surface area (Å²) in [6.45, 7) is 54.3. The lowest BCUT2D eigenvalue weighted by Crippen LogP contribution is -1.97. The number of aliphatic hydroxyl groups is 2. The molecule has 0 heterocycles. The second kappa shape index (κ2) is 145. The second-order valence-corrected chi connectivity index (χ2v) is 7.01. The summed E-state index contributed by atoms with van der Waals surface area (Å²) in [5, 5.41) is 15.2. The molecule has 0 aliphatic rings. The smallest absolute Gasteiger partial charge is 0.0662 e. The molecule has 0 unspecified atom stereocenters. The van der Waals surface area contributed by atoms with Gasteiger partial charge in [-0.25, -0.2) is 0 Å². The summed E-state index contributed by atoms with van der Waals surface area (Å²) < 4.78 is 5.72. The minimum absolute atomic E-state index is 0.125. The molecule has 0 aromatic carbocycles. The van der Waals surface area contributed by atoms with Crippen LogP contribution in [0.4, 0.5) is 0 Å². The van der Waals surface area contributed by atoms with Gasteiger partial charge in [0, 0.05) is 13.2 Å². The van der Waals surface area contributed by atoms with E-state index in [2.05, 4.69) is 119 Å². The van der Waals surface area contributed by atoms with E-state index in [0.29, 0.717) is 0 Å². The van der Waals surface area contributed by atoms with Crippen LogP contribution in [0.25, 0.3) is 0 Å². The second-order valence-electron chi connectivity index (χ2n) is 7.01. The Labute approximate surface area is 262 Å². The molecule has 2 N–H and O–H groups in total. The summed E-state index contributed by atoms with van der Waals surface area (Å²) in [5.74, 6) is 0. The van der Waals surface area contributed by atoms with E-state index in [-0.39, 0.29) is 13.2 Å². The zero-order chi connectivity index (χ0) is 34.8. The first kappa shape index (κ1) is 66.8. The van der Waals surface area contributed by atoms with Crippen molar-refractivity contribution in [1.29, 1.82) is 0 Å². The zero-order valence-corrected chi connectivity index (χ0v) is 28.8. The number of rotatable bonds is 19. The van der Waals surface area contributed by atoms with Crippen molar-refractivity contribution >= 4 is 0 Å². The van der Waals surface area contributed by atoms with Crippen molar-refractivity contribution in [3.05, 3.63) is 105 Å². The number of unbranched alkanes of at least 4 members (excludes halogenated alkanes) is 14. The molecule has 0 saturated carbocycles. The molecule has 3 heteroatoms. The lowest BCUT2D eigenvalue weighted by atomic mass is 10.1. The van der Waals surface area contributed by atoms with Crippen molar-refractivity contribution in [2.75, 3.05) is 26.4 Å². The Kier molecular flexibility index (Phi) is 236. The molecule has 0 saturated heterocycles. The minimum Gasteiger partial charge on any atom is -0.394 e. The normalized spacial score (nSPS) is 7.22. The fourth-order valence-electron chi connectivity index (χ4n) is 2.78. The lowest BCUT2D eigenvalue weighted by Gasteiger charge is -2.05. The number of ether oxygens (including phenoxy) is 1.